The third-order valence-electron chi connectivity index (χ3n) is 5.04. The molecule has 0 unspecified atom stereocenters. The lowest BCUT2D eigenvalue weighted by molar-refractivity contribution is 0.123. The van der Waals surface area contributed by atoms with Gasteiger partial charge in [0.2, 0.25) is 0 Å². The molecule has 1 aliphatic heterocycles. The van der Waals surface area contributed by atoms with Crippen LogP contribution in [0.2, 0.25) is 0 Å². The number of nitrogens with zero attached hydrogens (tertiary/aromatic N) is 2. The van der Waals surface area contributed by atoms with Crippen LogP contribution >= 0.6 is 24.0 Å². The van der Waals surface area contributed by atoms with Crippen LogP contribution in [0.4, 0.5) is 0 Å². The van der Waals surface area contributed by atoms with Crippen molar-refractivity contribution in [2.24, 2.45) is 10.9 Å². The zero-order valence-electron chi connectivity index (χ0n) is 16.6. The lowest BCUT2D eigenvalue weighted by Gasteiger charge is -2.28. The molecule has 27 heavy (non-hydrogen) atoms. The van der Waals surface area contributed by atoms with Gasteiger partial charge in [0, 0.05) is 52.5 Å². The molecule has 0 saturated heterocycles. The minimum Gasteiger partial charge on any atom is -0.381 e. The van der Waals surface area contributed by atoms with E-state index < -0.39 is 0 Å². The van der Waals surface area contributed by atoms with Crippen molar-refractivity contribution in [1.29, 1.82) is 0 Å². The van der Waals surface area contributed by atoms with Crippen LogP contribution in [-0.2, 0) is 17.7 Å². The van der Waals surface area contributed by atoms with Gasteiger partial charge < -0.3 is 15.4 Å². The lowest BCUT2D eigenvalue weighted by atomic mass is 10.00. The molecule has 1 aromatic rings. The Hall–Kier alpha value is -0.860. The predicted molar refractivity (Wildman–Crippen MR) is 123 cm³/mol. The number of hydrogen-bond donors (Lipinski definition) is 2. The van der Waals surface area contributed by atoms with Crippen LogP contribution < -0.4 is 10.6 Å². The summed E-state index contributed by atoms with van der Waals surface area (Å²) < 4.78 is 5.67. The summed E-state index contributed by atoms with van der Waals surface area (Å²) in [6, 6.07) is 8.80. The van der Waals surface area contributed by atoms with Crippen LogP contribution in [0.1, 0.15) is 37.3 Å². The zero-order chi connectivity index (χ0) is 18.0. The van der Waals surface area contributed by atoms with E-state index in [4.69, 9.17) is 4.74 Å². The molecule has 152 valence electrons. The number of guanidine groups is 1. The summed E-state index contributed by atoms with van der Waals surface area (Å²) in [6.45, 7) is 9.76. The summed E-state index contributed by atoms with van der Waals surface area (Å²) in [6.07, 6.45) is 4.86. The maximum Gasteiger partial charge on any atom is 0.191 e. The van der Waals surface area contributed by atoms with Gasteiger partial charge in [-0.2, -0.15) is 0 Å². The number of benzene rings is 1. The molecule has 0 amide bonds. The molecule has 6 heteroatoms. The molecule has 1 fully saturated rings. The number of aliphatic imine (C=N–C) groups is 1. The molecule has 3 rings (SSSR count). The van der Waals surface area contributed by atoms with E-state index in [-0.39, 0.29) is 24.0 Å². The predicted octanol–water partition coefficient (Wildman–Crippen LogP) is 3.03. The van der Waals surface area contributed by atoms with Gasteiger partial charge in [-0.3, -0.25) is 9.89 Å². The van der Waals surface area contributed by atoms with Crippen molar-refractivity contribution >= 4 is 29.9 Å². The second kappa shape index (κ2) is 12.6. The molecule has 5 nitrogen and oxygen atoms in total. The summed E-state index contributed by atoms with van der Waals surface area (Å²) in [5.41, 5.74) is 2.99. The van der Waals surface area contributed by atoms with Crippen molar-refractivity contribution in [3.63, 3.8) is 0 Å². The molecule has 1 aliphatic carbocycles. The zero-order valence-corrected chi connectivity index (χ0v) is 18.9. The molecule has 2 aliphatic rings. The van der Waals surface area contributed by atoms with Crippen LogP contribution in [0, 0.1) is 5.92 Å². The van der Waals surface area contributed by atoms with E-state index in [2.05, 4.69) is 51.7 Å². The van der Waals surface area contributed by atoms with Gasteiger partial charge >= 0.3 is 0 Å². The molecule has 0 radical (unpaired) electrons. The van der Waals surface area contributed by atoms with Crippen molar-refractivity contribution in [2.45, 2.75) is 39.2 Å². The number of nitrogens with one attached hydrogen (secondary N) is 2. The quantitative estimate of drug-likeness (QED) is 0.231. The first kappa shape index (κ1) is 22.4. The van der Waals surface area contributed by atoms with Crippen molar-refractivity contribution in [1.82, 2.24) is 15.5 Å². The molecule has 0 atom stereocenters. The van der Waals surface area contributed by atoms with Gasteiger partial charge in [0.25, 0.3) is 0 Å². The molecule has 1 saturated carbocycles. The largest absolute Gasteiger partial charge is 0.381 e. The Kier molecular flexibility index (Phi) is 10.4. The highest BCUT2D eigenvalue weighted by Gasteiger charge is 2.20. The second-order valence-corrected chi connectivity index (χ2v) is 7.35. The van der Waals surface area contributed by atoms with Crippen LogP contribution in [0.3, 0.4) is 0 Å². The molecule has 2 N–H and O–H groups in total. The van der Waals surface area contributed by atoms with E-state index in [0.717, 1.165) is 77.2 Å². The summed E-state index contributed by atoms with van der Waals surface area (Å²) >= 11 is 0. The second-order valence-electron chi connectivity index (χ2n) is 7.35. The fourth-order valence-electron chi connectivity index (χ4n) is 3.31. The molecule has 0 spiro atoms. The third kappa shape index (κ3) is 8.35. The van der Waals surface area contributed by atoms with Gasteiger partial charge in [-0.25, -0.2) is 0 Å². The fraction of sp³-hybridized carbons (Fsp3) is 0.667. The normalized spacial score (nSPS) is 17.1. The Labute approximate surface area is 181 Å². The van der Waals surface area contributed by atoms with Gasteiger partial charge in [-0.15, -0.1) is 24.0 Å². The van der Waals surface area contributed by atoms with E-state index in [1.165, 1.54) is 24.0 Å². The first-order valence-corrected chi connectivity index (χ1v) is 10.2. The first-order chi connectivity index (χ1) is 12.8. The number of halogens is 1. The number of rotatable bonds is 10. The van der Waals surface area contributed by atoms with E-state index in [1.54, 1.807) is 0 Å². The van der Waals surface area contributed by atoms with E-state index in [0.29, 0.717) is 0 Å². The van der Waals surface area contributed by atoms with Crippen molar-refractivity contribution in [3.8, 4) is 0 Å². The fourth-order valence-corrected chi connectivity index (χ4v) is 3.31. The number of hydrogen-bond acceptors (Lipinski definition) is 3. The van der Waals surface area contributed by atoms with Crippen LogP contribution in [0.5, 0.6) is 0 Å². The SMILES string of the molecule is CCNC(=NCCCOCC1CC1)NCCN1CCc2ccccc2C1.I. The highest BCUT2D eigenvalue weighted by atomic mass is 127. The van der Waals surface area contributed by atoms with Crippen LogP contribution in [0.15, 0.2) is 29.3 Å². The number of ether oxygens (including phenoxy) is 1. The molecule has 1 aromatic carbocycles. The maximum absolute atomic E-state index is 5.67. The summed E-state index contributed by atoms with van der Waals surface area (Å²) in [5, 5.41) is 6.80. The molecule has 1 heterocycles. The van der Waals surface area contributed by atoms with Gasteiger partial charge in [0.1, 0.15) is 0 Å². The minimum atomic E-state index is 0. The van der Waals surface area contributed by atoms with Crippen molar-refractivity contribution < 1.29 is 4.74 Å². The van der Waals surface area contributed by atoms with Gasteiger partial charge in [-0.05, 0) is 49.7 Å². The van der Waals surface area contributed by atoms with Gasteiger partial charge in [0.05, 0.1) is 0 Å². The lowest BCUT2D eigenvalue weighted by Crippen LogP contribution is -2.42. The topological polar surface area (TPSA) is 48.9 Å². The monoisotopic (exact) mass is 486 g/mol. The first-order valence-electron chi connectivity index (χ1n) is 10.2. The molecular formula is C21H35IN4O. The van der Waals surface area contributed by atoms with E-state index in [9.17, 15) is 0 Å². The Bertz CT molecular complexity index is 577. The van der Waals surface area contributed by atoms with Gasteiger partial charge in [-0.1, -0.05) is 24.3 Å². The van der Waals surface area contributed by atoms with E-state index >= 15 is 0 Å². The number of fused-ring (bicyclic) bond motifs is 1. The molecule has 0 aromatic heterocycles. The Morgan fingerprint density at radius 3 is 2.81 bits per heavy atom. The average Bonchev–Trinajstić information content (AvgIpc) is 3.49. The third-order valence-corrected chi connectivity index (χ3v) is 5.04. The van der Waals surface area contributed by atoms with Crippen molar-refractivity contribution in [2.75, 3.05) is 45.9 Å². The molecule has 0 bridgehead atoms. The Morgan fingerprint density at radius 1 is 1.22 bits per heavy atom. The highest BCUT2D eigenvalue weighted by Crippen LogP contribution is 2.28. The van der Waals surface area contributed by atoms with Crippen LogP contribution in [-0.4, -0.2) is 56.8 Å². The van der Waals surface area contributed by atoms with Crippen LogP contribution in [0.25, 0.3) is 0 Å². The van der Waals surface area contributed by atoms with Gasteiger partial charge in [0.15, 0.2) is 5.96 Å². The maximum atomic E-state index is 5.67. The Balaban J connectivity index is 0.00000261. The highest BCUT2D eigenvalue weighted by molar-refractivity contribution is 14.0. The summed E-state index contributed by atoms with van der Waals surface area (Å²) in [4.78, 5) is 7.18. The molecular weight excluding hydrogens is 451 g/mol. The standard InChI is InChI=1S/C21H34N4O.HI/c1-2-22-21(23-11-5-15-26-17-18-8-9-18)24-12-14-25-13-10-19-6-3-4-7-20(19)16-25;/h3-4,6-7,18H,2,5,8-17H2,1H3,(H2,22,23,24);1H. The Morgan fingerprint density at radius 2 is 2.04 bits per heavy atom. The van der Waals surface area contributed by atoms with E-state index in [1.807, 2.05) is 0 Å². The minimum absolute atomic E-state index is 0. The summed E-state index contributed by atoms with van der Waals surface area (Å²) in [5.74, 6) is 1.77. The smallest absolute Gasteiger partial charge is 0.191 e. The van der Waals surface area contributed by atoms with Crippen molar-refractivity contribution in [3.05, 3.63) is 35.4 Å². The average molecular weight is 486 g/mol. The summed E-state index contributed by atoms with van der Waals surface area (Å²) in [7, 11) is 0.